The van der Waals surface area contributed by atoms with Gasteiger partial charge < -0.3 is 14.0 Å². The summed E-state index contributed by atoms with van der Waals surface area (Å²) in [5.41, 5.74) is 0.0825. The van der Waals surface area contributed by atoms with Crippen molar-refractivity contribution in [3.05, 3.63) is 69.9 Å². The van der Waals surface area contributed by atoms with Crippen LogP contribution in [-0.4, -0.2) is 45.8 Å². The number of imidazole rings is 1. The molecule has 0 radical (unpaired) electrons. The smallest absolute Gasteiger partial charge is 0.332 e. The van der Waals surface area contributed by atoms with Crippen molar-refractivity contribution in [1.29, 1.82) is 0 Å². The zero-order valence-corrected chi connectivity index (χ0v) is 20.3. The van der Waals surface area contributed by atoms with E-state index < -0.39 is 0 Å². The van der Waals surface area contributed by atoms with Crippen LogP contribution in [0.25, 0.3) is 11.2 Å². The molecule has 4 heterocycles. The lowest BCUT2D eigenvalue weighted by atomic mass is 10.2. The molecular formula is C23H25N7O4S. The first-order valence-electron chi connectivity index (χ1n) is 11.2. The number of aromatic nitrogens is 7. The van der Waals surface area contributed by atoms with E-state index in [1.807, 2.05) is 28.8 Å². The van der Waals surface area contributed by atoms with Crippen LogP contribution in [0.5, 0.6) is 11.5 Å². The number of hydrogen-bond donors (Lipinski definition) is 0. The average molecular weight is 496 g/mol. The fourth-order valence-corrected chi connectivity index (χ4v) is 4.95. The third-order valence-electron chi connectivity index (χ3n) is 5.81. The van der Waals surface area contributed by atoms with Crippen LogP contribution in [0.3, 0.4) is 0 Å². The van der Waals surface area contributed by atoms with Crippen molar-refractivity contribution in [3.8, 4) is 11.5 Å². The van der Waals surface area contributed by atoms with Crippen LogP contribution in [0.2, 0.25) is 0 Å². The van der Waals surface area contributed by atoms with Gasteiger partial charge in [0.2, 0.25) is 0 Å². The van der Waals surface area contributed by atoms with Crippen LogP contribution < -0.4 is 20.7 Å². The lowest BCUT2D eigenvalue weighted by Crippen LogP contribution is -2.39. The van der Waals surface area contributed by atoms with Gasteiger partial charge in [0.05, 0.1) is 6.33 Å². The second-order valence-corrected chi connectivity index (χ2v) is 9.19. The normalized spacial score (nSPS) is 15.0. The summed E-state index contributed by atoms with van der Waals surface area (Å²) in [7, 11) is 3.36. The largest absolute Gasteiger partial charge is 0.485 e. The van der Waals surface area contributed by atoms with E-state index in [9.17, 15) is 9.59 Å². The van der Waals surface area contributed by atoms with Crippen LogP contribution in [0.4, 0.5) is 0 Å². The molecule has 0 N–H and O–H groups in total. The Balaban J connectivity index is 1.29. The SMILES string of the molecule is C=CCn1c(SCCCn2c(=O)c3c(ncn3C)n(C)c2=O)nnc1C1COc2ccccc2O1. The van der Waals surface area contributed by atoms with Crippen LogP contribution in [-0.2, 0) is 27.2 Å². The fraction of sp³-hybridized carbons (Fsp3) is 0.348. The summed E-state index contributed by atoms with van der Waals surface area (Å²) < 4.78 is 18.2. The second-order valence-electron chi connectivity index (χ2n) is 8.13. The minimum Gasteiger partial charge on any atom is -0.485 e. The lowest BCUT2D eigenvalue weighted by molar-refractivity contribution is 0.0821. The number of nitrogens with zero attached hydrogens (tertiary/aromatic N) is 7. The molecule has 1 atom stereocenters. The molecule has 1 aliphatic rings. The molecule has 0 saturated heterocycles. The highest BCUT2D eigenvalue weighted by Crippen LogP contribution is 2.36. The molecule has 1 aliphatic heterocycles. The van der Waals surface area contributed by atoms with Gasteiger partial charge in [-0.05, 0) is 18.6 Å². The number of allylic oxidation sites excluding steroid dienone is 1. The van der Waals surface area contributed by atoms with Gasteiger partial charge >= 0.3 is 5.69 Å². The third-order valence-corrected chi connectivity index (χ3v) is 6.86. The molecule has 1 aromatic carbocycles. The van der Waals surface area contributed by atoms with Crippen molar-refractivity contribution in [1.82, 2.24) is 33.4 Å². The Morgan fingerprint density at radius 3 is 2.77 bits per heavy atom. The van der Waals surface area contributed by atoms with Gasteiger partial charge in [-0.15, -0.1) is 16.8 Å². The lowest BCUT2D eigenvalue weighted by Gasteiger charge is -2.26. The number of rotatable bonds is 8. The molecule has 35 heavy (non-hydrogen) atoms. The summed E-state index contributed by atoms with van der Waals surface area (Å²) in [6, 6.07) is 7.52. The minimum absolute atomic E-state index is 0.290. The molecule has 11 nitrogen and oxygen atoms in total. The van der Waals surface area contributed by atoms with Gasteiger partial charge in [0.15, 0.2) is 39.7 Å². The standard InChI is InChI=1S/C23H25N7O4S/c1-4-10-29-19(17-13-33-15-8-5-6-9-16(15)34-17)25-26-22(29)35-12-7-11-30-21(31)18-20(24-14-27(18)2)28(3)23(30)32/h4-6,8-9,14,17H,1,7,10-13H2,2-3H3. The number of thioether (sulfide) groups is 1. The van der Waals surface area contributed by atoms with E-state index in [4.69, 9.17) is 9.47 Å². The molecule has 1 unspecified atom stereocenters. The van der Waals surface area contributed by atoms with E-state index in [1.165, 1.54) is 27.2 Å². The molecule has 0 spiro atoms. The maximum Gasteiger partial charge on any atom is 0.332 e. The number of para-hydroxylation sites is 2. The predicted molar refractivity (Wildman–Crippen MR) is 131 cm³/mol. The first-order chi connectivity index (χ1) is 17.0. The Hall–Kier alpha value is -3.80. The van der Waals surface area contributed by atoms with E-state index in [1.54, 1.807) is 24.7 Å². The Morgan fingerprint density at radius 2 is 1.97 bits per heavy atom. The maximum absolute atomic E-state index is 12.9. The van der Waals surface area contributed by atoms with Gasteiger partial charge in [0.25, 0.3) is 5.56 Å². The third kappa shape index (κ3) is 4.14. The molecule has 0 fully saturated rings. The van der Waals surface area contributed by atoms with Crippen LogP contribution in [0.1, 0.15) is 18.3 Å². The monoisotopic (exact) mass is 495 g/mol. The molecule has 0 amide bonds. The molecule has 4 aromatic rings. The summed E-state index contributed by atoms with van der Waals surface area (Å²) in [6.07, 6.45) is 3.52. The van der Waals surface area contributed by atoms with Crippen LogP contribution >= 0.6 is 11.8 Å². The molecule has 0 saturated carbocycles. The van der Waals surface area contributed by atoms with Crippen molar-refractivity contribution in [2.75, 3.05) is 12.4 Å². The first-order valence-corrected chi connectivity index (χ1v) is 12.1. The summed E-state index contributed by atoms with van der Waals surface area (Å²) in [5, 5.41) is 9.43. The Morgan fingerprint density at radius 1 is 1.17 bits per heavy atom. The molecule has 5 rings (SSSR count). The number of ether oxygens (including phenoxy) is 2. The van der Waals surface area contributed by atoms with Gasteiger partial charge in [0.1, 0.15) is 6.61 Å². The topological polar surface area (TPSA) is 111 Å². The summed E-state index contributed by atoms with van der Waals surface area (Å²) in [6.45, 7) is 4.99. The molecule has 0 bridgehead atoms. The van der Waals surface area contributed by atoms with Crippen LogP contribution in [0.15, 0.2) is 58.0 Å². The van der Waals surface area contributed by atoms with E-state index in [2.05, 4.69) is 21.8 Å². The summed E-state index contributed by atoms with van der Waals surface area (Å²) in [4.78, 5) is 29.7. The molecule has 3 aromatic heterocycles. The number of hydrogen-bond acceptors (Lipinski definition) is 8. The van der Waals surface area contributed by atoms with Gasteiger partial charge in [0, 0.05) is 32.9 Å². The highest BCUT2D eigenvalue weighted by Gasteiger charge is 2.28. The number of aryl methyl sites for hydroxylation is 2. The predicted octanol–water partition coefficient (Wildman–Crippen LogP) is 1.91. The zero-order chi connectivity index (χ0) is 24.5. The Bertz CT molecular complexity index is 1520. The molecular weight excluding hydrogens is 470 g/mol. The minimum atomic E-state index is -0.390. The second kappa shape index (κ2) is 9.45. The highest BCUT2D eigenvalue weighted by atomic mass is 32.2. The van der Waals surface area contributed by atoms with E-state index in [0.717, 1.165) is 0 Å². The van der Waals surface area contributed by atoms with Gasteiger partial charge in [-0.1, -0.05) is 30.0 Å². The maximum atomic E-state index is 12.9. The fourth-order valence-electron chi connectivity index (χ4n) is 4.07. The van der Waals surface area contributed by atoms with E-state index in [-0.39, 0.29) is 17.4 Å². The average Bonchev–Trinajstić information content (AvgIpc) is 3.45. The van der Waals surface area contributed by atoms with Crippen molar-refractivity contribution in [3.63, 3.8) is 0 Å². The Kier molecular flexibility index (Phi) is 6.20. The van der Waals surface area contributed by atoms with Gasteiger partial charge in [-0.3, -0.25) is 18.5 Å². The van der Waals surface area contributed by atoms with Crippen molar-refractivity contribution in [2.24, 2.45) is 14.1 Å². The van der Waals surface area contributed by atoms with Crippen molar-refractivity contribution < 1.29 is 9.47 Å². The van der Waals surface area contributed by atoms with Crippen LogP contribution in [0, 0.1) is 0 Å². The van der Waals surface area contributed by atoms with Crippen molar-refractivity contribution >= 4 is 22.9 Å². The van der Waals surface area contributed by atoms with E-state index in [0.29, 0.717) is 65.5 Å². The van der Waals surface area contributed by atoms with Crippen molar-refractivity contribution in [2.45, 2.75) is 30.8 Å². The number of benzene rings is 1. The van der Waals surface area contributed by atoms with E-state index >= 15 is 0 Å². The quantitative estimate of drug-likeness (QED) is 0.207. The Labute approximate surface area is 204 Å². The molecule has 182 valence electrons. The first kappa shape index (κ1) is 23.0. The molecule has 12 heteroatoms. The molecule has 0 aliphatic carbocycles. The van der Waals surface area contributed by atoms with Gasteiger partial charge in [-0.25, -0.2) is 9.78 Å². The number of fused-ring (bicyclic) bond motifs is 2. The van der Waals surface area contributed by atoms with Gasteiger partial charge in [-0.2, -0.15) is 0 Å². The highest BCUT2D eigenvalue weighted by molar-refractivity contribution is 7.99. The summed E-state index contributed by atoms with van der Waals surface area (Å²) in [5.74, 6) is 2.68. The zero-order valence-electron chi connectivity index (χ0n) is 19.5. The summed E-state index contributed by atoms with van der Waals surface area (Å²) >= 11 is 1.50.